The molecule has 2 nitrogen and oxygen atoms in total. The van der Waals surface area contributed by atoms with Crippen LogP contribution in [0.15, 0.2) is 36.4 Å². The normalized spacial score (nSPS) is 10.8. The van der Waals surface area contributed by atoms with Crippen LogP contribution < -0.4 is 5.32 Å². The fourth-order valence-corrected chi connectivity index (χ4v) is 1.02. The second kappa shape index (κ2) is 6.40. The molecule has 0 fully saturated rings. The Morgan fingerprint density at radius 3 is 2.69 bits per heavy atom. The average Bonchev–Trinajstić information content (AvgIpc) is 2.19. The first kappa shape index (κ1) is 9.96. The van der Waals surface area contributed by atoms with E-state index in [1.54, 1.807) is 0 Å². The molecule has 2 N–H and O–H groups in total. The zero-order chi connectivity index (χ0) is 9.36. The van der Waals surface area contributed by atoms with Crippen molar-refractivity contribution in [2.24, 2.45) is 0 Å². The molecule has 70 valence electrons. The monoisotopic (exact) mass is 177 g/mol. The standard InChI is InChI=1S/C11H15NO/c13-10-9-12-8-4-7-11-5-2-1-3-6-11/h1-7,12-13H,8-10H2. The van der Waals surface area contributed by atoms with Crippen LogP contribution in [0.25, 0.3) is 6.08 Å². The van der Waals surface area contributed by atoms with E-state index in [9.17, 15) is 0 Å². The summed E-state index contributed by atoms with van der Waals surface area (Å²) in [6.45, 7) is 1.65. The first-order valence-electron chi connectivity index (χ1n) is 4.46. The highest BCUT2D eigenvalue weighted by molar-refractivity contribution is 5.48. The van der Waals surface area contributed by atoms with Crippen LogP contribution in [0.3, 0.4) is 0 Å². The van der Waals surface area contributed by atoms with Gasteiger partial charge in [-0.25, -0.2) is 0 Å². The summed E-state index contributed by atoms with van der Waals surface area (Å²) in [6, 6.07) is 10.1. The highest BCUT2D eigenvalue weighted by atomic mass is 16.3. The van der Waals surface area contributed by atoms with Crippen LogP contribution in [-0.2, 0) is 0 Å². The molecule has 0 aliphatic rings. The summed E-state index contributed by atoms with van der Waals surface area (Å²) in [4.78, 5) is 0. The lowest BCUT2D eigenvalue weighted by molar-refractivity contribution is 0.294. The Morgan fingerprint density at radius 1 is 1.23 bits per heavy atom. The Kier molecular flexibility index (Phi) is 4.91. The maximum Gasteiger partial charge on any atom is 0.0556 e. The molecule has 2 heteroatoms. The van der Waals surface area contributed by atoms with Gasteiger partial charge in [0.05, 0.1) is 6.61 Å². The van der Waals surface area contributed by atoms with Crippen molar-refractivity contribution in [1.29, 1.82) is 0 Å². The molecule has 0 heterocycles. The van der Waals surface area contributed by atoms with Crippen molar-refractivity contribution < 1.29 is 5.11 Å². The molecule has 0 saturated heterocycles. The van der Waals surface area contributed by atoms with Gasteiger partial charge >= 0.3 is 0 Å². The number of nitrogens with one attached hydrogen (secondary N) is 1. The molecule has 0 radical (unpaired) electrons. The van der Waals surface area contributed by atoms with Gasteiger partial charge in [-0.2, -0.15) is 0 Å². The number of aliphatic hydroxyl groups is 1. The van der Waals surface area contributed by atoms with Crippen molar-refractivity contribution >= 4 is 6.08 Å². The van der Waals surface area contributed by atoms with Gasteiger partial charge in [0.25, 0.3) is 0 Å². The van der Waals surface area contributed by atoms with Crippen molar-refractivity contribution in [1.82, 2.24) is 5.32 Å². The van der Waals surface area contributed by atoms with E-state index in [2.05, 4.69) is 23.5 Å². The van der Waals surface area contributed by atoms with Crippen LogP contribution in [0, 0.1) is 0 Å². The van der Waals surface area contributed by atoms with Crippen LogP contribution >= 0.6 is 0 Å². The van der Waals surface area contributed by atoms with Gasteiger partial charge in [-0.3, -0.25) is 0 Å². The smallest absolute Gasteiger partial charge is 0.0556 e. The van der Waals surface area contributed by atoms with Gasteiger partial charge in [0, 0.05) is 13.1 Å². The average molecular weight is 177 g/mol. The second-order valence-corrected chi connectivity index (χ2v) is 2.74. The molecule has 0 aromatic heterocycles. The Labute approximate surface area is 78.9 Å². The maximum absolute atomic E-state index is 8.50. The quantitative estimate of drug-likeness (QED) is 0.664. The van der Waals surface area contributed by atoms with Gasteiger partial charge < -0.3 is 10.4 Å². The van der Waals surface area contributed by atoms with Crippen molar-refractivity contribution in [2.75, 3.05) is 19.7 Å². The number of rotatable bonds is 5. The highest BCUT2D eigenvalue weighted by Gasteiger charge is 1.82. The van der Waals surface area contributed by atoms with Crippen molar-refractivity contribution in [2.45, 2.75) is 0 Å². The van der Waals surface area contributed by atoms with E-state index in [1.807, 2.05) is 24.3 Å². The predicted octanol–water partition coefficient (Wildman–Crippen LogP) is 1.28. The highest BCUT2D eigenvalue weighted by Crippen LogP contribution is 1.99. The summed E-state index contributed by atoms with van der Waals surface area (Å²) in [5.74, 6) is 0. The molecule has 13 heavy (non-hydrogen) atoms. The first-order chi connectivity index (χ1) is 6.43. The second-order valence-electron chi connectivity index (χ2n) is 2.74. The van der Waals surface area contributed by atoms with Crippen LogP contribution in [0.5, 0.6) is 0 Å². The minimum atomic E-state index is 0.194. The number of benzene rings is 1. The fourth-order valence-electron chi connectivity index (χ4n) is 1.02. The third-order valence-electron chi connectivity index (χ3n) is 1.66. The van der Waals surface area contributed by atoms with Gasteiger partial charge in [0.1, 0.15) is 0 Å². The molecule has 0 amide bonds. The minimum absolute atomic E-state index is 0.194. The third kappa shape index (κ3) is 4.45. The largest absolute Gasteiger partial charge is 0.395 e. The molecule has 0 bridgehead atoms. The van der Waals surface area contributed by atoms with Gasteiger partial charge in [0.2, 0.25) is 0 Å². The van der Waals surface area contributed by atoms with Crippen molar-refractivity contribution in [3.8, 4) is 0 Å². The fraction of sp³-hybridized carbons (Fsp3) is 0.273. The lowest BCUT2D eigenvalue weighted by atomic mass is 10.2. The minimum Gasteiger partial charge on any atom is -0.395 e. The molecule has 1 aromatic carbocycles. The Morgan fingerprint density at radius 2 is 2.00 bits per heavy atom. The molecule has 0 spiro atoms. The molecule has 0 unspecified atom stereocenters. The van der Waals surface area contributed by atoms with Crippen LogP contribution in [0.1, 0.15) is 5.56 Å². The Bertz CT molecular complexity index is 244. The molecule has 1 rings (SSSR count). The number of hydrogen-bond donors (Lipinski definition) is 2. The van der Waals surface area contributed by atoms with E-state index >= 15 is 0 Å². The first-order valence-corrected chi connectivity index (χ1v) is 4.46. The number of hydrogen-bond acceptors (Lipinski definition) is 2. The van der Waals surface area contributed by atoms with E-state index in [-0.39, 0.29) is 6.61 Å². The SMILES string of the molecule is OCCNCC=Cc1ccccc1. The summed E-state index contributed by atoms with van der Waals surface area (Å²) in [5, 5.41) is 11.6. The Balaban J connectivity index is 2.25. The Hall–Kier alpha value is -1.12. The lowest BCUT2D eigenvalue weighted by Crippen LogP contribution is -2.17. The zero-order valence-corrected chi connectivity index (χ0v) is 7.61. The number of aliphatic hydroxyl groups excluding tert-OH is 1. The summed E-state index contributed by atoms with van der Waals surface area (Å²) in [5.41, 5.74) is 1.20. The van der Waals surface area contributed by atoms with E-state index in [1.165, 1.54) is 5.56 Å². The molecular weight excluding hydrogens is 162 g/mol. The molecule has 0 aliphatic carbocycles. The van der Waals surface area contributed by atoms with E-state index in [0.29, 0.717) is 6.54 Å². The van der Waals surface area contributed by atoms with Crippen LogP contribution in [0.2, 0.25) is 0 Å². The molecule has 0 atom stereocenters. The van der Waals surface area contributed by atoms with E-state index in [0.717, 1.165) is 6.54 Å². The molecule has 0 aliphatic heterocycles. The third-order valence-corrected chi connectivity index (χ3v) is 1.66. The summed E-state index contributed by atoms with van der Waals surface area (Å²) >= 11 is 0. The van der Waals surface area contributed by atoms with Gasteiger partial charge in [-0.05, 0) is 5.56 Å². The zero-order valence-electron chi connectivity index (χ0n) is 7.61. The van der Waals surface area contributed by atoms with Gasteiger partial charge in [-0.1, -0.05) is 42.5 Å². The maximum atomic E-state index is 8.50. The topological polar surface area (TPSA) is 32.3 Å². The molecular formula is C11H15NO. The van der Waals surface area contributed by atoms with Crippen molar-refractivity contribution in [3.05, 3.63) is 42.0 Å². The van der Waals surface area contributed by atoms with Crippen LogP contribution in [0.4, 0.5) is 0 Å². The molecule has 0 saturated carbocycles. The summed E-state index contributed by atoms with van der Waals surface area (Å²) in [6.07, 6.45) is 4.11. The summed E-state index contributed by atoms with van der Waals surface area (Å²) in [7, 11) is 0. The molecule has 1 aromatic rings. The van der Waals surface area contributed by atoms with Gasteiger partial charge in [-0.15, -0.1) is 0 Å². The van der Waals surface area contributed by atoms with Crippen molar-refractivity contribution in [3.63, 3.8) is 0 Å². The van der Waals surface area contributed by atoms with E-state index in [4.69, 9.17) is 5.11 Å². The lowest BCUT2D eigenvalue weighted by Gasteiger charge is -1.95. The summed E-state index contributed by atoms with van der Waals surface area (Å²) < 4.78 is 0. The van der Waals surface area contributed by atoms with Crippen LogP contribution in [-0.4, -0.2) is 24.8 Å². The van der Waals surface area contributed by atoms with Gasteiger partial charge in [0.15, 0.2) is 0 Å². The van der Waals surface area contributed by atoms with E-state index < -0.39 is 0 Å². The predicted molar refractivity (Wildman–Crippen MR) is 55.4 cm³/mol.